The topological polar surface area (TPSA) is 109 Å². The number of aliphatic hydroxyl groups is 1. The zero-order valence-electron chi connectivity index (χ0n) is 13.0. The Morgan fingerprint density at radius 2 is 1.85 bits per heavy atom. The molecule has 0 unspecified atom stereocenters. The first-order chi connectivity index (χ1) is 12.3. The summed E-state index contributed by atoms with van der Waals surface area (Å²) in [4.78, 5) is 27.0. The summed E-state index contributed by atoms with van der Waals surface area (Å²) in [6.07, 6.45) is -2.81. The molecule has 0 aliphatic carbocycles. The van der Waals surface area contributed by atoms with Crippen LogP contribution in [0.4, 0.5) is 4.79 Å². The van der Waals surface area contributed by atoms with Gasteiger partial charge in [-0.15, -0.1) is 0 Å². The number of aliphatic carboxylic acids is 1. The van der Waals surface area contributed by atoms with Crippen molar-refractivity contribution >= 4 is 46.9 Å². The number of halogens is 3. The van der Waals surface area contributed by atoms with E-state index in [1.807, 2.05) is 0 Å². The number of hydrogen-bond donors (Lipinski definition) is 3. The minimum Gasteiger partial charge on any atom is -0.480 e. The molecule has 0 aliphatic heterocycles. The van der Waals surface area contributed by atoms with Gasteiger partial charge in [0.1, 0.15) is 23.0 Å². The van der Waals surface area contributed by atoms with Crippen molar-refractivity contribution in [2.24, 2.45) is 0 Å². The zero-order valence-corrected chi connectivity index (χ0v) is 15.3. The molecule has 2 rings (SSSR count). The van der Waals surface area contributed by atoms with E-state index < -0.39 is 24.2 Å². The van der Waals surface area contributed by atoms with Crippen LogP contribution in [-0.2, 0) is 16.1 Å². The van der Waals surface area contributed by atoms with Gasteiger partial charge in [0.2, 0.25) is 0 Å². The summed E-state index contributed by atoms with van der Waals surface area (Å²) in [7, 11) is 0. The number of ether oxygens (including phenoxy) is 1. The molecule has 7 nitrogen and oxygen atoms in total. The summed E-state index contributed by atoms with van der Waals surface area (Å²) >= 11 is 17.5. The first kappa shape index (κ1) is 20.3. The van der Waals surface area contributed by atoms with Gasteiger partial charge in [0.25, 0.3) is 0 Å². The van der Waals surface area contributed by atoms with E-state index in [1.165, 1.54) is 6.07 Å². The SMILES string of the molecule is O=C(N[C@H](C(=O)O)[C@@H](O)c1c(Cl)cc(Cl)nc1Cl)OCc1ccccc1. The van der Waals surface area contributed by atoms with Crippen LogP contribution in [0.1, 0.15) is 17.2 Å². The number of amides is 1. The molecule has 0 fully saturated rings. The highest BCUT2D eigenvalue weighted by Crippen LogP contribution is 2.33. The number of carbonyl (C=O) groups excluding carboxylic acids is 1. The number of aliphatic hydroxyl groups excluding tert-OH is 1. The maximum absolute atomic E-state index is 11.9. The van der Waals surface area contributed by atoms with Crippen molar-refractivity contribution in [3.63, 3.8) is 0 Å². The van der Waals surface area contributed by atoms with Gasteiger partial charge in [-0.25, -0.2) is 14.6 Å². The number of hydrogen-bond acceptors (Lipinski definition) is 5. The predicted octanol–water partition coefficient (Wildman–Crippen LogP) is 3.45. The van der Waals surface area contributed by atoms with Gasteiger partial charge in [0, 0.05) is 5.56 Å². The number of carbonyl (C=O) groups is 2. The van der Waals surface area contributed by atoms with Crippen LogP contribution in [0, 0.1) is 0 Å². The summed E-state index contributed by atoms with van der Waals surface area (Å²) < 4.78 is 4.95. The lowest BCUT2D eigenvalue weighted by atomic mass is 10.0. The molecule has 3 N–H and O–H groups in total. The standard InChI is InChI=1S/C16H13Cl3N2O5/c17-9-6-10(18)20-14(19)11(9)13(22)12(15(23)24)21-16(25)26-7-8-4-2-1-3-5-8/h1-6,12-13,22H,7H2,(H,21,25)(H,23,24)/t12-,13-/m0/s1. The molecule has 1 aromatic heterocycles. The summed E-state index contributed by atoms with van der Waals surface area (Å²) in [5, 5.41) is 21.3. The number of carboxylic acids is 1. The number of pyridine rings is 1. The minimum absolute atomic E-state index is 0.0296. The smallest absolute Gasteiger partial charge is 0.408 e. The molecule has 0 saturated carbocycles. The monoisotopic (exact) mass is 418 g/mol. The van der Waals surface area contributed by atoms with Crippen molar-refractivity contribution in [2.45, 2.75) is 18.8 Å². The normalized spacial score (nSPS) is 12.9. The molecule has 0 spiro atoms. The van der Waals surface area contributed by atoms with Gasteiger partial charge in [0.05, 0.1) is 5.02 Å². The van der Waals surface area contributed by atoms with Crippen LogP contribution in [0.25, 0.3) is 0 Å². The fraction of sp³-hybridized carbons (Fsp3) is 0.188. The Bertz CT molecular complexity index is 781. The third kappa shape index (κ3) is 5.22. The number of benzene rings is 1. The molecule has 0 aliphatic rings. The Balaban J connectivity index is 2.11. The number of nitrogens with one attached hydrogen (secondary N) is 1. The van der Waals surface area contributed by atoms with E-state index in [-0.39, 0.29) is 27.5 Å². The quantitative estimate of drug-likeness (QED) is 0.619. The van der Waals surface area contributed by atoms with Crippen molar-refractivity contribution in [3.8, 4) is 0 Å². The summed E-state index contributed by atoms with van der Waals surface area (Å²) in [6.45, 7) is -0.0703. The largest absolute Gasteiger partial charge is 0.480 e. The molecule has 1 aromatic carbocycles. The molecule has 0 bridgehead atoms. The summed E-state index contributed by atoms with van der Waals surface area (Å²) in [5.74, 6) is -1.52. The maximum atomic E-state index is 11.9. The van der Waals surface area contributed by atoms with Crippen LogP contribution in [0.15, 0.2) is 36.4 Å². The van der Waals surface area contributed by atoms with Gasteiger partial charge >= 0.3 is 12.1 Å². The average Bonchev–Trinajstić information content (AvgIpc) is 2.57. The molecular formula is C16H13Cl3N2O5. The van der Waals surface area contributed by atoms with Crippen LogP contribution in [0.3, 0.4) is 0 Å². The number of nitrogens with zero attached hydrogens (tertiary/aromatic N) is 1. The van der Waals surface area contributed by atoms with E-state index in [2.05, 4.69) is 10.3 Å². The Morgan fingerprint density at radius 3 is 2.42 bits per heavy atom. The second-order valence-electron chi connectivity index (χ2n) is 5.10. The maximum Gasteiger partial charge on any atom is 0.408 e. The lowest BCUT2D eigenvalue weighted by molar-refractivity contribution is -0.142. The Morgan fingerprint density at radius 1 is 1.19 bits per heavy atom. The highest BCUT2D eigenvalue weighted by molar-refractivity contribution is 6.37. The molecule has 26 heavy (non-hydrogen) atoms. The summed E-state index contributed by atoms with van der Waals surface area (Å²) in [6, 6.07) is 8.21. The van der Waals surface area contributed by atoms with Crippen LogP contribution >= 0.6 is 34.8 Å². The number of carboxylic acid groups (broad SMARTS) is 1. The van der Waals surface area contributed by atoms with Crippen molar-refractivity contribution < 1.29 is 24.5 Å². The van der Waals surface area contributed by atoms with Crippen molar-refractivity contribution in [1.82, 2.24) is 10.3 Å². The van der Waals surface area contributed by atoms with Crippen LogP contribution in [-0.4, -0.2) is 33.3 Å². The molecule has 1 amide bonds. The highest BCUT2D eigenvalue weighted by atomic mass is 35.5. The van der Waals surface area contributed by atoms with Gasteiger partial charge in [-0.2, -0.15) is 0 Å². The van der Waals surface area contributed by atoms with E-state index in [0.717, 1.165) is 0 Å². The third-order valence-electron chi connectivity index (χ3n) is 3.29. The molecule has 2 aromatic rings. The molecule has 138 valence electrons. The molecule has 10 heteroatoms. The van der Waals surface area contributed by atoms with Gasteiger partial charge in [0.15, 0.2) is 6.04 Å². The lowest BCUT2D eigenvalue weighted by Gasteiger charge is -2.22. The number of rotatable bonds is 6. The zero-order chi connectivity index (χ0) is 19.3. The fourth-order valence-corrected chi connectivity index (χ4v) is 3.01. The second-order valence-corrected chi connectivity index (χ2v) is 6.25. The first-order valence-electron chi connectivity index (χ1n) is 7.19. The van der Waals surface area contributed by atoms with E-state index in [0.29, 0.717) is 5.56 Å². The fourth-order valence-electron chi connectivity index (χ4n) is 2.06. The van der Waals surface area contributed by atoms with Crippen molar-refractivity contribution in [1.29, 1.82) is 0 Å². The van der Waals surface area contributed by atoms with E-state index in [4.69, 9.17) is 39.5 Å². The van der Waals surface area contributed by atoms with Gasteiger partial charge in [-0.1, -0.05) is 65.1 Å². The van der Waals surface area contributed by atoms with E-state index in [1.54, 1.807) is 30.3 Å². The molecular weight excluding hydrogens is 407 g/mol. The third-order valence-corrected chi connectivity index (χ3v) is 4.09. The van der Waals surface area contributed by atoms with E-state index in [9.17, 15) is 19.8 Å². The van der Waals surface area contributed by atoms with Gasteiger partial charge in [-0.05, 0) is 11.6 Å². The second kappa shape index (κ2) is 9.05. The predicted molar refractivity (Wildman–Crippen MR) is 95.4 cm³/mol. The molecule has 0 radical (unpaired) electrons. The molecule has 2 atom stereocenters. The Labute approximate surface area is 163 Å². The van der Waals surface area contributed by atoms with Crippen LogP contribution < -0.4 is 5.32 Å². The number of alkyl carbamates (subject to hydrolysis) is 1. The van der Waals surface area contributed by atoms with E-state index >= 15 is 0 Å². The molecule has 0 saturated heterocycles. The van der Waals surface area contributed by atoms with Gasteiger partial charge in [-0.3, -0.25) is 0 Å². The van der Waals surface area contributed by atoms with Crippen LogP contribution in [0.2, 0.25) is 15.3 Å². The molecule has 1 heterocycles. The highest BCUT2D eigenvalue weighted by Gasteiger charge is 2.33. The average molecular weight is 420 g/mol. The Kier molecular flexibility index (Phi) is 7.05. The van der Waals surface area contributed by atoms with Crippen LogP contribution in [0.5, 0.6) is 0 Å². The van der Waals surface area contributed by atoms with Crippen molar-refractivity contribution in [3.05, 3.63) is 62.9 Å². The first-order valence-corrected chi connectivity index (χ1v) is 8.32. The Hall–Kier alpha value is -2.06. The lowest BCUT2D eigenvalue weighted by Crippen LogP contribution is -2.45. The van der Waals surface area contributed by atoms with Crippen molar-refractivity contribution in [2.75, 3.05) is 0 Å². The van der Waals surface area contributed by atoms with Gasteiger partial charge < -0.3 is 20.3 Å². The summed E-state index contributed by atoms with van der Waals surface area (Å²) in [5.41, 5.74) is 0.538. The minimum atomic E-state index is -1.78. The number of aromatic nitrogens is 1.